The highest BCUT2D eigenvalue weighted by molar-refractivity contribution is 6.03. The molecule has 4 N–H and O–H groups in total. The Bertz CT molecular complexity index is 1290. The third kappa shape index (κ3) is 5.92. The molecule has 1 aliphatic carbocycles. The summed E-state index contributed by atoms with van der Waals surface area (Å²) in [5.41, 5.74) is 6.74. The number of nitrogens with one attached hydrogen (secondary N) is 1. The van der Waals surface area contributed by atoms with Crippen LogP contribution in [-0.2, 0) is 12.7 Å². The van der Waals surface area contributed by atoms with Gasteiger partial charge < -0.3 is 16.2 Å². The van der Waals surface area contributed by atoms with Crippen LogP contribution >= 0.6 is 0 Å². The van der Waals surface area contributed by atoms with Crippen LogP contribution in [0.15, 0.2) is 54.6 Å². The first kappa shape index (κ1) is 26.4. The van der Waals surface area contributed by atoms with Crippen molar-refractivity contribution in [2.75, 3.05) is 11.9 Å². The van der Waals surface area contributed by atoms with Crippen LogP contribution in [-0.4, -0.2) is 38.5 Å². The van der Waals surface area contributed by atoms with Crippen LogP contribution in [0, 0.1) is 5.92 Å². The lowest BCUT2D eigenvalue weighted by Gasteiger charge is -2.31. The minimum absolute atomic E-state index is 0.00585. The van der Waals surface area contributed by atoms with Crippen molar-refractivity contribution in [3.05, 3.63) is 77.1 Å². The quantitative estimate of drug-likeness (QED) is 0.353. The Hall–Kier alpha value is -3.21. The summed E-state index contributed by atoms with van der Waals surface area (Å²) in [6.45, 7) is 0.998. The molecule has 1 saturated carbocycles. The number of alkyl halides is 3. The second-order valence-corrected chi connectivity index (χ2v) is 10.2. The number of rotatable bonds is 9. The first-order valence-electron chi connectivity index (χ1n) is 13.0. The van der Waals surface area contributed by atoms with Crippen molar-refractivity contribution in [3.63, 3.8) is 0 Å². The highest BCUT2D eigenvalue weighted by Gasteiger charge is 2.36. The number of nitrogens with two attached hydrogens (primary N) is 1. The zero-order valence-corrected chi connectivity index (χ0v) is 21.0. The normalized spacial score (nSPS) is 19.0. The summed E-state index contributed by atoms with van der Waals surface area (Å²) in [7, 11) is 0. The molecule has 2 aliphatic rings. The van der Waals surface area contributed by atoms with Crippen molar-refractivity contribution in [2.45, 2.75) is 63.5 Å². The summed E-state index contributed by atoms with van der Waals surface area (Å²) in [6.07, 6.45) is 0.903. The Morgan fingerprint density at radius 3 is 2.61 bits per heavy atom. The van der Waals surface area contributed by atoms with Crippen LogP contribution in [0.4, 0.5) is 18.9 Å². The van der Waals surface area contributed by atoms with E-state index in [-0.39, 0.29) is 18.3 Å². The number of likely N-dealkylation sites (tertiary alicyclic amines) is 1. The van der Waals surface area contributed by atoms with E-state index in [1.807, 2.05) is 18.2 Å². The summed E-state index contributed by atoms with van der Waals surface area (Å²) in [6, 6.07) is 14.7. The number of anilines is 1. The van der Waals surface area contributed by atoms with Gasteiger partial charge in [0, 0.05) is 30.9 Å². The molecule has 202 valence electrons. The molecule has 5 rings (SSSR count). The number of amides is 1. The van der Waals surface area contributed by atoms with Crippen LogP contribution < -0.4 is 11.1 Å². The van der Waals surface area contributed by atoms with E-state index in [1.54, 1.807) is 30.3 Å². The predicted molar refractivity (Wildman–Crippen MR) is 137 cm³/mol. The van der Waals surface area contributed by atoms with Gasteiger partial charge in [0.25, 0.3) is 5.91 Å². The number of nitrogens with zero attached hydrogens (tertiary/aromatic N) is 3. The summed E-state index contributed by atoms with van der Waals surface area (Å²) in [4.78, 5) is 15.4. The fourth-order valence-electron chi connectivity index (χ4n) is 5.17. The molecule has 1 aromatic heterocycles. The Balaban J connectivity index is 1.42. The Labute approximate surface area is 219 Å². The van der Waals surface area contributed by atoms with Crippen LogP contribution in [0.1, 0.15) is 71.9 Å². The van der Waals surface area contributed by atoms with E-state index in [2.05, 4.69) is 15.3 Å². The van der Waals surface area contributed by atoms with E-state index in [4.69, 9.17) is 5.73 Å². The van der Waals surface area contributed by atoms with E-state index in [0.717, 1.165) is 54.5 Å². The molecule has 7 nitrogen and oxygen atoms in total. The van der Waals surface area contributed by atoms with Gasteiger partial charge in [-0.15, -0.1) is 0 Å². The van der Waals surface area contributed by atoms with Crippen LogP contribution in [0.25, 0.3) is 5.69 Å². The van der Waals surface area contributed by atoms with Gasteiger partial charge in [-0.3, -0.25) is 9.69 Å². The Kier molecular flexibility index (Phi) is 7.56. The second-order valence-electron chi connectivity index (χ2n) is 10.2. The molecule has 2 atom stereocenters. The average Bonchev–Trinajstić information content (AvgIpc) is 3.44. The molecule has 3 aromatic rings. The fraction of sp³-hybridized carbons (Fsp3) is 0.429. The second kappa shape index (κ2) is 10.9. The maximum atomic E-state index is 13.5. The molecule has 0 bridgehead atoms. The molecule has 2 heterocycles. The minimum Gasteiger partial charge on any atom is -0.378 e. The molecule has 2 unspecified atom stereocenters. The van der Waals surface area contributed by atoms with Crippen molar-refractivity contribution in [2.24, 2.45) is 11.7 Å². The van der Waals surface area contributed by atoms with Crippen LogP contribution in [0.3, 0.4) is 0 Å². The lowest BCUT2D eigenvalue weighted by Crippen LogP contribution is -2.33. The van der Waals surface area contributed by atoms with Crippen molar-refractivity contribution in [1.82, 2.24) is 14.7 Å². The first-order valence-corrected chi connectivity index (χ1v) is 13.0. The zero-order valence-electron chi connectivity index (χ0n) is 21.0. The van der Waals surface area contributed by atoms with E-state index < -0.39 is 24.0 Å². The lowest BCUT2D eigenvalue weighted by atomic mass is 9.98. The third-order valence-corrected chi connectivity index (χ3v) is 7.36. The molecule has 1 amide bonds. The molecule has 1 aliphatic heterocycles. The smallest absolute Gasteiger partial charge is 0.378 e. The largest absolute Gasteiger partial charge is 0.435 e. The average molecular weight is 528 g/mol. The van der Waals surface area contributed by atoms with Gasteiger partial charge in [0.15, 0.2) is 5.69 Å². The van der Waals surface area contributed by atoms with Gasteiger partial charge >= 0.3 is 6.18 Å². The fourth-order valence-corrected chi connectivity index (χ4v) is 5.17. The van der Waals surface area contributed by atoms with Crippen molar-refractivity contribution in [3.8, 4) is 5.69 Å². The van der Waals surface area contributed by atoms with E-state index in [1.165, 1.54) is 12.8 Å². The minimum atomic E-state index is -4.71. The van der Waals surface area contributed by atoms with Crippen molar-refractivity contribution in [1.29, 1.82) is 0 Å². The van der Waals surface area contributed by atoms with Gasteiger partial charge in [0.1, 0.15) is 11.9 Å². The van der Waals surface area contributed by atoms with Gasteiger partial charge in [-0.25, -0.2) is 4.68 Å². The number of halogens is 3. The number of benzene rings is 2. The molecular formula is C28H32F3N5O2. The van der Waals surface area contributed by atoms with Gasteiger partial charge in [-0.05, 0) is 67.0 Å². The molecule has 0 spiro atoms. The lowest BCUT2D eigenvalue weighted by molar-refractivity contribution is -0.141. The SMILES string of the molecule is NCc1cccc(-n2nc(C(F)(F)F)cc2C(=O)Nc2cccc(C(CCC3CC3)N3CCCC3O)c2)c1. The maximum absolute atomic E-state index is 13.5. The molecule has 2 fully saturated rings. The van der Waals surface area contributed by atoms with Crippen molar-refractivity contribution < 1.29 is 23.1 Å². The molecule has 0 radical (unpaired) electrons. The number of aromatic nitrogens is 2. The summed E-state index contributed by atoms with van der Waals surface area (Å²) in [5.74, 6) is 0.0278. The molecule has 38 heavy (non-hydrogen) atoms. The first-order chi connectivity index (χ1) is 18.2. The summed E-state index contributed by atoms with van der Waals surface area (Å²) >= 11 is 0. The zero-order chi connectivity index (χ0) is 26.9. The van der Waals surface area contributed by atoms with Gasteiger partial charge in [-0.2, -0.15) is 18.3 Å². The number of aliphatic hydroxyl groups is 1. The Morgan fingerprint density at radius 1 is 1.13 bits per heavy atom. The van der Waals surface area contributed by atoms with Crippen LogP contribution in [0.5, 0.6) is 0 Å². The highest BCUT2D eigenvalue weighted by Crippen LogP contribution is 2.39. The van der Waals surface area contributed by atoms with Crippen LogP contribution in [0.2, 0.25) is 0 Å². The van der Waals surface area contributed by atoms with Gasteiger partial charge in [0.2, 0.25) is 0 Å². The highest BCUT2D eigenvalue weighted by atomic mass is 19.4. The van der Waals surface area contributed by atoms with E-state index >= 15 is 0 Å². The topological polar surface area (TPSA) is 96.4 Å². The standard InChI is InChI=1S/C28H32F3N5O2/c29-28(30,31)25-16-24(36(34-25)22-7-1-4-19(14-22)17-32)27(38)33-21-6-2-5-20(15-21)23(12-11-18-9-10-18)35-13-3-8-26(35)37/h1-2,4-7,14-16,18,23,26,37H,3,8-13,17,32H2,(H,33,38). The summed E-state index contributed by atoms with van der Waals surface area (Å²) in [5, 5.41) is 17.0. The molecule has 1 saturated heterocycles. The monoisotopic (exact) mass is 527 g/mol. The van der Waals surface area contributed by atoms with E-state index in [9.17, 15) is 23.1 Å². The van der Waals surface area contributed by atoms with E-state index in [0.29, 0.717) is 16.9 Å². The number of hydrogen-bond acceptors (Lipinski definition) is 5. The predicted octanol–water partition coefficient (Wildman–Crippen LogP) is 5.25. The summed E-state index contributed by atoms with van der Waals surface area (Å²) < 4.78 is 41.6. The number of aliphatic hydroxyl groups excluding tert-OH is 1. The molecule has 10 heteroatoms. The molecule has 2 aromatic carbocycles. The Morgan fingerprint density at radius 2 is 1.92 bits per heavy atom. The molecular weight excluding hydrogens is 495 g/mol. The third-order valence-electron chi connectivity index (χ3n) is 7.36. The van der Waals surface area contributed by atoms with Gasteiger partial charge in [-0.1, -0.05) is 37.1 Å². The number of carbonyl (C=O) groups is 1. The van der Waals surface area contributed by atoms with Gasteiger partial charge in [0.05, 0.1) is 5.69 Å². The number of hydrogen-bond donors (Lipinski definition) is 3. The maximum Gasteiger partial charge on any atom is 0.435 e. The van der Waals surface area contributed by atoms with Crippen molar-refractivity contribution >= 4 is 11.6 Å². The number of carbonyl (C=O) groups excluding carboxylic acids is 1.